The van der Waals surface area contributed by atoms with Crippen LogP contribution in [0.15, 0.2) is 53.0 Å². The lowest BCUT2D eigenvalue weighted by molar-refractivity contribution is -0.138. The van der Waals surface area contributed by atoms with Crippen molar-refractivity contribution < 1.29 is 22.8 Å². The van der Waals surface area contributed by atoms with Gasteiger partial charge in [0, 0.05) is 42.6 Å². The molecule has 1 fully saturated rings. The number of amides is 2. The fourth-order valence-electron chi connectivity index (χ4n) is 3.57. The van der Waals surface area contributed by atoms with Gasteiger partial charge in [-0.3, -0.25) is 9.59 Å². The van der Waals surface area contributed by atoms with Crippen LogP contribution in [0.3, 0.4) is 0 Å². The molecule has 8 heteroatoms. The minimum absolute atomic E-state index is 0.0495. The lowest BCUT2D eigenvalue weighted by Gasteiger charge is -2.33. The van der Waals surface area contributed by atoms with Gasteiger partial charge >= 0.3 is 6.18 Å². The van der Waals surface area contributed by atoms with Crippen molar-refractivity contribution in [2.75, 3.05) is 20.1 Å². The molecule has 1 aliphatic rings. The van der Waals surface area contributed by atoms with E-state index in [1.807, 2.05) is 12.1 Å². The first-order valence-electron chi connectivity index (χ1n) is 9.61. The summed E-state index contributed by atoms with van der Waals surface area (Å²) >= 11 is 3.35. The molecule has 0 bridgehead atoms. The van der Waals surface area contributed by atoms with Crippen LogP contribution in [-0.4, -0.2) is 41.8 Å². The highest BCUT2D eigenvalue weighted by atomic mass is 79.9. The van der Waals surface area contributed by atoms with E-state index in [-0.39, 0.29) is 24.3 Å². The Morgan fingerprint density at radius 3 is 2.13 bits per heavy atom. The molecule has 1 aliphatic heterocycles. The molecule has 0 radical (unpaired) electrons. The van der Waals surface area contributed by atoms with Crippen LogP contribution in [0.4, 0.5) is 13.2 Å². The zero-order chi connectivity index (χ0) is 21.9. The Kier molecular flexibility index (Phi) is 6.85. The van der Waals surface area contributed by atoms with E-state index in [0.29, 0.717) is 37.1 Å². The number of hydrogen-bond acceptors (Lipinski definition) is 2. The summed E-state index contributed by atoms with van der Waals surface area (Å²) in [6, 6.07) is 12.0. The highest BCUT2D eigenvalue weighted by Gasteiger charge is 2.31. The van der Waals surface area contributed by atoms with Gasteiger partial charge in [0.05, 0.1) is 5.56 Å². The summed E-state index contributed by atoms with van der Waals surface area (Å²) in [6.45, 7) is 1.24. The topological polar surface area (TPSA) is 40.6 Å². The van der Waals surface area contributed by atoms with E-state index in [0.717, 1.165) is 16.6 Å². The van der Waals surface area contributed by atoms with Crippen molar-refractivity contribution in [3.63, 3.8) is 0 Å². The van der Waals surface area contributed by atoms with E-state index in [2.05, 4.69) is 15.9 Å². The lowest BCUT2D eigenvalue weighted by atomic mass is 9.94. The van der Waals surface area contributed by atoms with Crippen molar-refractivity contribution >= 4 is 27.7 Å². The Morgan fingerprint density at radius 2 is 1.60 bits per heavy atom. The number of piperidine rings is 1. The zero-order valence-corrected chi connectivity index (χ0v) is 18.0. The van der Waals surface area contributed by atoms with Crippen LogP contribution in [0.1, 0.15) is 34.3 Å². The second-order valence-electron chi connectivity index (χ2n) is 7.46. The molecule has 0 aliphatic carbocycles. The molecule has 0 saturated carbocycles. The molecular formula is C22H22BrF3N2O2. The van der Waals surface area contributed by atoms with Crippen molar-refractivity contribution in [2.45, 2.75) is 25.6 Å². The van der Waals surface area contributed by atoms with Crippen LogP contribution >= 0.6 is 15.9 Å². The minimum Gasteiger partial charge on any atom is -0.341 e. The second kappa shape index (κ2) is 9.20. The first-order valence-corrected chi connectivity index (χ1v) is 10.4. The maximum Gasteiger partial charge on any atom is 0.416 e. The minimum atomic E-state index is -4.37. The van der Waals surface area contributed by atoms with Crippen LogP contribution in [0.5, 0.6) is 0 Å². The molecule has 4 nitrogen and oxygen atoms in total. The van der Waals surface area contributed by atoms with Crippen molar-refractivity contribution in [1.82, 2.24) is 9.80 Å². The number of alkyl halides is 3. The molecule has 160 valence electrons. The highest BCUT2D eigenvalue weighted by Crippen LogP contribution is 2.29. The molecule has 2 aromatic rings. The Balaban J connectivity index is 1.53. The van der Waals surface area contributed by atoms with E-state index >= 15 is 0 Å². The summed E-state index contributed by atoms with van der Waals surface area (Å²) in [5.74, 6) is -0.296. The van der Waals surface area contributed by atoms with Crippen LogP contribution < -0.4 is 0 Å². The van der Waals surface area contributed by atoms with Gasteiger partial charge in [-0.2, -0.15) is 13.2 Å². The predicted octanol–water partition coefficient (Wildman–Crippen LogP) is 4.98. The van der Waals surface area contributed by atoms with E-state index in [9.17, 15) is 22.8 Å². The van der Waals surface area contributed by atoms with Gasteiger partial charge in [-0.05, 0) is 54.8 Å². The quantitative estimate of drug-likeness (QED) is 0.616. The van der Waals surface area contributed by atoms with Gasteiger partial charge in [-0.25, -0.2) is 0 Å². The fraction of sp³-hybridized carbons (Fsp3) is 0.364. The Labute approximate surface area is 181 Å². The molecule has 2 amide bonds. The van der Waals surface area contributed by atoms with Gasteiger partial charge < -0.3 is 9.80 Å². The van der Waals surface area contributed by atoms with Gasteiger partial charge in [0.15, 0.2) is 0 Å². The van der Waals surface area contributed by atoms with Gasteiger partial charge in [-0.15, -0.1) is 0 Å². The van der Waals surface area contributed by atoms with Gasteiger partial charge in [0.2, 0.25) is 5.91 Å². The monoisotopic (exact) mass is 482 g/mol. The van der Waals surface area contributed by atoms with Crippen LogP contribution in [-0.2, 0) is 17.5 Å². The summed E-state index contributed by atoms with van der Waals surface area (Å²) in [4.78, 5) is 28.6. The molecule has 0 N–H and O–H groups in total. The largest absolute Gasteiger partial charge is 0.416 e. The molecule has 0 unspecified atom stereocenters. The van der Waals surface area contributed by atoms with Crippen molar-refractivity contribution in [1.29, 1.82) is 0 Å². The third-order valence-corrected chi connectivity index (χ3v) is 5.83. The number of benzene rings is 2. The number of halogens is 4. The molecule has 30 heavy (non-hydrogen) atoms. The average Bonchev–Trinajstić information content (AvgIpc) is 2.73. The summed E-state index contributed by atoms with van der Waals surface area (Å²) < 4.78 is 38.9. The van der Waals surface area contributed by atoms with E-state index in [1.165, 1.54) is 12.1 Å². The number of nitrogens with zero attached hydrogens (tertiary/aromatic N) is 2. The Bertz CT molecular complexity index is 890. The zero-order valence-electron chi connectivity index (χ0n) is 16.5. The third-order valence-electron chi connectivity index (χ3n) is 5.30. The second-order valence-corrected chi connectivity index (χ2v) is 8.38. The normalized spacial score (nSPS) is 15.2. The number of carbonyl (C=O) groups is 2. The van der Waals surface area contributed by atoms with Crippen LogP contribution in [0, 0.1) is 5.92 Å². The molecule has 1 heterocycles. The first kappa shape index (κ1) is 22.3. The maximum absolute atomic E-state index is 12.7. The standard InChI is InChI=1S/C22H22BrF3N2O2/c1-27(14-15-2-6-18(7-3-15)22(24,25)26)20(29)17-10-12-28(13-11-17)21(30)16-4-8-19(23)9-5-16/h2-9,17H,10-14H2,1H3. The van der Waals surface area contributed by atoms with E-state index in [1.54, 1.807) is 29.0 Å². The van der Waals surface area contributed by atoms with Crippen molar-refractivity contribution in [3.8, 4) is 0 Å². The molecular weight excluding hydrogens is 461 g/mol. The van der Waals surface area contributed by atoms with Crippen molar-refractivity contribution in [2.24, 2.45) is 5.92 Å². The van der Waals surface area contributed by atoms with Crippen LogP contribution in [0.2, 0.25) is 0 Å². The molecule has 0 aromatic heterocycles. The molecule has 0 atom stereocenters. The average molecular weight is 483 g/mol. The predicted molar refractivity (Wildman–Crippen MR) is 111 cm³/mol. The number of rotatable bonds is 4. The molecule has 0 spiro atoms. The molecule has 1 saturated heterocycles. The summed E-state index contributed by atoms with van der Waals surface area (Å²) in [7, 11) is 1.65. The molecule has 2 aromatic carbocycles. The van der Waals surface area contributed by atoms with E-state index in [4.69, 9.17) is 0 Å². The number of carbonyl (C=O) groups excluding carboxylic acids is 2. The Hall–Kier alpha value is -2.35. The van der Waals surface area contributed by atoms with Crippen LogP contribution in [0.25, 0.3) is 0 Å². The third kappa shape index (κ3) is 5.41. The van der Waals surface area contributed by atoms with Crippen molar-refractivity contribution in [3.05, 3.63) is 69.7 Å². The lowest BCUT2D eigenvalue weighted by Crippen LogP contribution is -2.43. The van der Waals surface area contributed by atoms with Gasteiger partial charge in [0.25, 0.3) is 5.91 Å². The first-order chi connectivity index (χ1) is 14.1. The highest BCUT2D eigenvalue weighted by molar-refractivity contribution is 9.10. The Morgan fingerprint density at radius 1 is 1.03 bits per heavy atom. The van der Waals surface area contributed by atoms with E-state index < -0.39 is 11.7 Å². The summed E-state index contributed by atoms with van der Waals surface area (Å²) in [5, 5.41) is 0. The maximum atomic E-state index is 12.7. The summed E-state index contributed by atoms with van der Waals surface area (Å²) in [5.41, 5.74) is 0.548. The number of likely N-dealkylation sites (tertiary alicyclic amines) is 1. The van der Waals surface area contributed by atoms with Gasteiger partial charge in [0.1, 0.15) is 0 Å². The smallest absolute Gasteiger partial charge is 0.341 e. The number of hydrogen-bond donors (Lipinski definition) is 0. The van der Waals surface area contributed by atoms with Gasteiger partial charge in [-0.1, -0.05) is 28.1 Å². The summed E-state index contributed by atoms with van der Waals surface area (Å²) in [6.07, 6.45) is -3.24. The SMILES string of the molecule is CN(Cc1ccc(C(F)(F)F)cc1)C(=O)C1CCN(C(=O)c2ccc(Br)cc2)CC1. The molecule has 3 rings (SSSR count). The fourth-order valence-corrected chi connectivity index (χ4v) is 3.83.